The SMILES string of the molecule is COC(=O)/C(C#N)=C1/Nc2sc(C)c(C)c2C(=O)N1C. The summed E-state index contributed by atoms with van der Waals surface area (Å²) >= 11 is 1.42. The fourth-order valence-electron chi connectivity index (χ4n) is 1.96. The predicted octanol–water partition coefficient (Wildman–Crippen LogP) is 1.77. The van der Waals surface area contributed by atoms with Gasteiger partial charge in [-0.05, 0) is 19.4 Å². The molecule has 0 saturated carbocycles. The van der Waals surface area contributed by atoms with Crippen molar-refractivity contribution >= 4 is 28.2 Å². The van der Waals surface area contributed by atoms with Gasteiger partial charge in [0.15, 0.2) is 5.57 Å². The first-order valence-electron chi connectivity index (χ1n) is 5.80. The maximum Gasteiger partial charge on any atom is 0.352 e. The second-order valence-electron chi connectivity index (χ2n) is 4.30. The van der Waals surface area contributed by atoms with Gasteiger partial charge in [-0.3, -0.25) is 9.69 Å². The molecule has 7 heteroatoms. The summed E-state index contributed by atoms with van der Waals surface area (Å²) in [5.74, 6) is -0.867. The lowest BCUT2D eigenvalue weighted by molar-refractivity contribution is -0.135. The highest BCUT2D eigenvalue weighted by Gasteiger charge is 2.33. The fraction of sp³-hybridized carbons (Fsp3) is 0.308. The van der Waals surface area contributed by atoms with Crippen molar-refractivity contribution in [3.63, 3.8) is 0 Å². The maximum atomic E-state index is 12.4. The molecule has 1 amide bonds. The van der Waals surface area contributed by atoms with Crippen LogP contribution in [0.3, 0.4) is 0 Å². The first-order valence-corrected chi connectivity index (χ1v) is 6.61. The van der Waals surface area contributed by atoms with Crippen LogP contribution in [0.5, 0.6) is 0 Å². The number of methoxy groups -OCH3 is 1. The van der Waals surface area contributed by atoms with Crippen molar-refractivity contribution in [2.75, 3.05) is 19.5 Å². The summed E-state index contributed by atoms with van der Waals surface area (Å²) in [4.78, 5) is 26.3. The van der Waals surface area contributed by atoms with Crippen molar-refractivity contribution in [2.45, 2.75) is 13.8 Å². The van der Waals surface area contributed by atoms with Gasteiger partial charge in [0.2, 0.25) is 0 Å². The van der Waals surface area contributed by atoms with Gasteiger partial charge in [-0.15, -0.1) is 11.3 Å². The lowest BCUT2D eigenvalue weighted by Crippen LogP contribution is -2.36. The Bertz CT molecular complexity index is 682. The number of ether oxygens (including phenoxy) is 1. The maximum absolute atomic E-state index is 12.4. The molecule has 0 fully saturated rings. The summed E-state index contributed by atoms with van der Waals surface area (Å²) in [6, 6.07) is 1.78. The molecule has 1 aromatic heterocycles. The van der Waals surface area contributed by atoms with Crippen LogP contribution in [0.15, 0.2) is 11.4 Å². The van der Waals surface area contributed by atoms with Crippen LogP contribution in [-0.2, 0) is 9.53 Å². The molecule has 6 nitrogen and oxygen atoms in total. The first kappa shape index (κ1) is 14.1. The van der Waals surface area contributed by atoms with Gasteiger partial charge in [0.25, 0.3) is 5.91 Å². The van der Waals surface area contributed by atoms with Crippen LogP contribution in [0.4, 0.5) is 5.00 Å². The van der Waals surface area contributed by atoms with E-state index in [2.05, 4.69) is 10.1 Å². The van der Waals surface area contributed by atoms with Gasteiger partial charge < -0.3 is 10.1 Å². The standard InChI is InChI=1S/C13H13N3O3S/c1-6-7(2)20-11-9(6)12(17)16(3)10(15-11)8(5-14)13(18)19-4/h15H,1-4H3/b10-8-. The second kappa shape index (κ2) is 4.98. The van der Waals surface area contributed by atoms with E-state index in [-0.39, 0.29) is 17.3 Å². The van der Waals surface area contributed by atoms with E-state index in [9.17, 15) is 9.59 Å². The Morgan fingerprint density at radius 2 is 2.10 bits per heavy atom. The number of esters is 1. The molecule has 2 heterocycles. The first-order chi connectivity index (χ1) is 9.42. The van der Waals surface area contributed by atoms with Crippen LogP contribution >= 0.6 is 11.3 Å². The Balaban J connectivity index is 2.62. The van der Waals surface area contributed by atoms with Gasteiger partial charge in [-0.2, -0.15) is 5.26 Å². The highest BCUT2D eigenvalue weighted by atomic mass is 32.1. The van der Waals surface area contributed by atoms with E-state index in [0.29, 0.717) is 10.6 Å². The molecule has 0 spiro atoms. The monoisotopic (exact) mass is 291 g/mol. The number of hydrogen-bond donors (Lipinski definition) is 1. The number of amides is 1. The van der Waals surface area contributed by atoms with Crippen molar-refractivity contribution in [1.82, 2.24) is 4.90 Å². The summed E-state index contributed by atoms with van der Waals surface area (Å²) in [6.07, 6.45) is 0. The molecule has 1 aromatic rings. The van der Waals surface area contributed by atoms with E-state index < -0.39 is 5.97 Å². The molecule has 0 saturated heterocycles. The number of carbonyl (C=O) groups excluding carboxylic acids is 2. The number of nitrogens with one attached hydrogen (secondary N) is 1. The number of carbonyl (C=O) groups is 2. The number of thiophene rings is 1. The summed E-state index contributed by atoms with van der Waals surface area (Å²) in [6.45, 7) is 3.79. The third-order valence-electron chi connectivity index (χ3n) is 3.21. The molecule has 0 aliphatic carbocycles. The number of anilines is 1. The van der Waals surface area contributed by atoms with Crippen LogP contribution in [-0.4, -0.2) is 30.9 Å². The number of aryl methyl sites for hydroxylation is 1. The molecule has 0 radical (unpaired) electrons. The van der Waals surface area contributed by atoms with E-state index in [4.69, 9.17) is 5.26 Å². The van der Waals surface area contributed by atoms with Crippen molar-refractivity contribution in [3.05, 3.63) is 27.4 Å². The fourth-order valence-corrected chi connectivity index (χ4v) is 3.01. The van der Waals surface area contributed by atoms with Crippen molar-refractivity contribution in [3.8, 4) is 6.07 Å². The van der Waals surface area contributed by atoms with Crippen LogP contribution in [0.25, 0.3) is 0 Å². The summed E-state index contributed by atoms with van der Waals surface area (Å²) in [5, 5.41) is 12.7. The molecule has 0 bridgehead atoms. The lowest BCUT2D eigenvalue weighted by atomic mass is 10.1. The molecule has 1 N–H and O–H groups in total. The Hall–Kier alpha value is -2.33. The summed E-state index contributed by atoms with van der Waals surface area (Å²) < 4.78 is 4.56. The molecule has 0 atom stereocenters. The Morgan fingerprint density at radius 1 is 1.45 bits per heavy atom. The predicted molar refractivity (Wildman–Crippen MR) is 74.2 cm³/mol. The largest absolute Gasteiger partial charge is 0.465 e. The van der Waals surface area contributed by atoms with Crippen LogP contribution < -0.4 is 5.32 Å². The van der Waals surface area contributed by atoms with Crippen molar-refractivity contribution in [2.24, 2.45) is 0 Å². The zero-order valence-corrected chi connectivity index (χ0v) is 12.3. The Morgan fingerprint density at radius 3 is 2.65 bits per heavy atom. The van der Waals surface area contributed by atoms with E-state index >= 15 is 0 Å². The normalized spacial score (nSPS) is 16.1. The molecule has 2 rings (SSSR count). The minimum Gasteiger partial charge on any atom is -0.465 e. The molecule has 1 aliphatic heterocycles. The van der Waals surface area contributed by atoms with Crippen LogP contribution in [0.2, 0.25) is 0 Å². The molecular weight excluding hydrogens is 278 g/mol. The number of hydrogen-bond acceptors (Lipinski definition) is 6. The van der Waals surface area contributed by atoms with E-state index in [1.165, 1.54) is 30.4 Å². The van der Waals surface area contributed by atoms with Gasteiger partial charge in [-0.1, -0.05) is 0 Å². The van der Waals surface area contributed by atoms with E-state index in [1.807, 2.05) is 13.8 Å². The smallest absolute Gasteiger partial charge is 0.352 e. The highest BCUT2D eigenvalue weighted by Crippen LogP contribution is 2.38. The van der Waals surface area contributed by atoms with E-state index in [0.717, 1.165) is 10.4 Å². The number of nitrogens with zero attached hydrogens (tertiary/aromatic N) is 2. The topological polar surface area (TPSA) is 82.4 Å². The Kier molecular flexibility index (Phi) is 3.51. The van der Waals surface area contributed by atoms with Crippen molar-refractivity contribution < 1.29 is 14.3 Å². The van der Waals surface area contributed by atoms with Gasteiger partial charge in [0.1, 0.15) is 16.9 Å². The quantitative estimate of drug-likeness (QED) is 0.484. The molecule has 1 aliphatic rings. The zero-order valence-electron chi connectivity index (χ0n) is 11.5. The molecular formula is C13H13N3O3S. The lowest BCUT2D eigenvalue weighted by Gasteiger charge is -2.27. The van der Waals surface area contributed by atoms with Crippen LogP contribution in [0.1, 0.15) is 20.8 Å². The third-order valence-corrected chi connectivity index (χ3v) is 4.33. The van der Waals surface area contributed by atoms with Crippen molar-refractivity contribution in [1.29, 1.82) is 5.26 Å². The molecule has 20 heavy (non-hydrogen) atoms. The Labute approximate surface area is 120 Å². The highest BCUT2D eigenvalue weighted by molar-refractivity contribution is 7.16. The van der Waals surface area contributed by atoms with Gasteiger partial charge in [0, 0.05) is 11.9 Å². The number of nitriles is 1. The van der Waals surface area contributed by atoms with Crippen LogP contribution in [0, 0.1) is 25.2 Å². The van der Waals surface area contributed by atoms with E-state index in [1.54, 1.807) is 6.07 Å². The average Bonchev–Trinajstić information content (AvgIpc) is 2.71. The van der Waals surface area contributed by atoms with Gasteiger partial charge in [-0.25, -0.2) is 4.79 Å². The number of rotatable bonds is 1. The molecule has 104 valence electrons. The van der Waals surface area contributed by atoms with Gasteiger partial charge >= 0.3 is 5.97 Å². The third kappa shape index (κ3) is 1.94. The second-order valence-corrected chi connectivity index (χ2v) is 5.53. The minimum atomic E-state index is -0.775. The number of fused-ring (bicyclic) bond motifs is 1. The van der Waals surface area contributed by atoms with Gasteiger partial charge in [0.05, 0.1) is 12.7 Å². The zero-order chi connectivity index (χ0) is 15.0. The minimum absolute atomic E-state index is 0.151. The molecule has 0 unspecified atom stereocenters. The average molecular weight is 291 g/mol. The summed E-state index contributed by atoms with van der Waals surface area (Å²) in [7, 11) is 2.70. The molecule has 0 aromatic carbocycles. The summed E-state index contributed by atoms with van der Waals surface area (Å²) in [5.41, 5.74) is 1.27.